The summed E-state index contributed by atoms with van der Waals surface area (Å²) < 4.78 is 2.19. The van der Waals surface area contributed by atoms with Gasteiger partial charge in [-0.2, -0.15) is 0 Å². The number of para-hydroxylation sites is 2. The fourth-order valence-corrected chi connectivity index (χ4v) is 3.42. The number of fused-ring (bicyclic) bond motifs is 5. The van der Waals surface area contributed by atoms with Crippen LogP contribution in [0.4, 0.5) is 5.69 Å². The molecule has 0 bridgehead atoms. The van der Waals surface area contributed by atoms with E-state index < -0.39 is 0 Å². The molecule has 0 spiro atoms. The van der Waals surface area contributed by atoms with E-state index in [0.29, 0.717) is 6.54 Å². The summed E-state index contributed by atoms with van der Waals surface area (Å²) in [4.78, 5) is 0.800. The molecule has 20 heavy (non-hydrogen) atoms. The standard InChI is InChI=1S/C16H11ClN2S/c17-15-11-6-2-4-8-13(11)19-9-14(20)18-12-7-3-1-5-10(12)16(15)19/h1-8H,9H2,(H,18,20). The summed E-state index contributed by atoms with van der Waals surface area (Å²) in [6, 6.07) is 16.3. The van der Waals surface area contributed by atoms with Crippen molar-refractivity contribution in [3.63, 3.8) is 0 Å². The number of hydrogen-bond acceptors (Lipinski definition) is 1. The Balaban J connectivity index is 2.17. The molecule has 0 aliphatic carbocycles. The highest BCUT2D eigenvalue weighted by Crippen LogP contribution is 2.41. The highest BCUT2D eigenvalue weighted by molar-refractivity contribution is 7.80. The minimum atomic E-state index is 0.645. The van der Waals surface area contributed by atoms with Gasteiger partial charge in [-0.05, 0) is 12.1 Å². The van der Waals surface area contributed by atoms with Gasteiger partial charge >= 0.3 is 0 Å². The third-order valence-corrected chi connectivity index (χ3v) is 4.28. The lowest BCUT2D eigenvalue weighted by Gasteiger charge is -2.07. The maximum Gasteiger partial charge on any atom is 0.0998 e. The van der Waals surface area contributed by atoms with E-state index in [9.17, 15) is 0 Å². The number of nitrogens with zero attached hydrogens (tertiary/aromatic N) is 1. The molecule has 4 rings (SSSR count). The van der Waals surface area contributed by atoms with Crippen LogP contribution in [0.25, 0.3) is 22.2 Å². The van der Waals surface area contributed by atoms with Gasteiger partial charge in [-0.25, -0.2) is 0 Å². The molecule has 0 radical (unpaired) electrons. The van der Waals surface area contributed by atoms with Crippen LogP contribution in [0.3, 0.4) is 0 Å². The van der Waals surface area contributed by atoms with Crippen molar-refractivity contribution in [3.05, 3.63) is 53.6 Å². The molecule has 0 amide bonds. The summed E-state index contributed by atoms with van der Waals surface area (Å²) in [5, 5.41) is 5.16. The zero-order valence-electron chi connectivity index (χ0n) is 10.6. The van der Waals surface area contributed by atoms with Crippen LogP contribution in [-0.2, 0) is 6.54 Å². The predicted molar refractivity (Wildman–Crippen MR) is 88.6 cm³/mol. The Kier molecular flexibility index (Phi) is 2.59. The Hall–Kier alpha value is -1.84. The number of hydrogen-bond donors (Lipinski definition) is 1. The van der Waals surface area contributed by atoms with Crippen molar-refractivity contribution < 1.29 is 0 Å². The molecule has 0 fully saturated rings. The topological polar surface area (TPSA) is 17.0 Å². The van der Waals surface area contributed by atoms with Crippen molar-refractivity contribution in [3.8, 4) is 11.3 Å². The lowest BCUT2D eigenvalue weighted by Crippen LogP contribution is -2.14. The first-order valence-electron chi connectivity index (χ1n) is 6.41. The van der Waals surface area contributed by atoms with Gasteiger partial charge in [0.2, 0.25) is 0 Å². The average molecular weight is 299 g/mol. The second kappa shape index (κ2) is 4.33. The van der Waals surface area contributed by atoms with Crippen LogP contribution in [-0.4, -0.2) is 9.56 Å². The van der Waals surface area contributed by atoms with Gasteiger partial charge in [0.25, 0.3) is 0 Å². The minimum Gasteiger partial charge on any atom is -0.348 e. The summed E-state index contributed by atoms with van der Waals surface area (Å²) >= 11 is 12.1. The molecule has 0 unspecified atom stereocenters. The lowest BCUT2D eigenvalue weighted by atomic mass is 10.1. The number of rotatable bonds is 0. The first kappa shape index (κ1) is 11.9. The van der Waals surface area contributed by atoms with Gasteiger partial charge in [-0.1, -0.05) is 60.2 Å². The Labute approximate surface area is 127 Å². The molecule has 1 aromatic heterocycles. The van der Waals surface area contributed by atoms with Crippen molar-refractivity contribution >= 4 is 45.4 Å². The van der Waals surface area contributed by atoms with Gasteiger partial charge in [0, 0.05) is 16.6 Å². The van der Waals surface area contributed by atoms with E-state index >= 15 is 0 Å². The molecule has 2 aromatic carbocycles. The Morgan fingerprint density at radius 3 is 2.70 bits per heavy atom. The zero-order valence-corrected chi connectivity index (χ0v) is 12.1. The predicted octanol–water partition coefficient (Wildman–Crippen LogP) is 4.71. The van der Waals surface area contributed by atoms with Crippen molar-refractivity contribution in [2.75, 3.05) is 5.32 Å². The third-order valence-electron chi connectivity index (χ3n) is 3.67. The molecular weight excluding hydrogens is 288 g/mol. The van der Waals surface area contributed by atoms with E-state index in [1.807, 2.05) is 30.3 Å². The smallest absolute Gasteiger partial charge is 0.0998 e. The van der Waals surface area contributed by atoms with Crippen LogP contribution in [0.15, 0.2) is 48.5 Å². The van der Waals surface area contributed by atoms with Crippen LogP contribution in [0.2, 0.25) is 5.02 Å². The molecule has 1 aliphatic heterocycles. The quantitative estimate of drug-likeness (QED) is 0.605. The number of aromatic nitrogens is 1. The molecule has 3 aromatic rings. The SMILES string of the molecule is S=C1Cn2c(c(Cl)c3ccccc32)-c2ccccc2N1. The summed E-state index contributed by atoms with van der Waals surface area (Å²) in [6.07, 6.45) is 0. The number of benzene rings is 2. The molecule has 98 valence electrons. The summed E-state index contributed by atoms with van der Waals surface area (Å²) in [5.41, 5.74) is 4.26. The molecule has 0 saturated heterocycles. The van der Waals surface area contributed by atoms with Gasteiger partial charge in [0.15, 0.2) is 0 Å². The zero-order chi connectivity index (χ0) is 13.7. The van der Waals surface area contributed by atoms with E-state index in [2.05, 4.69) is 28.1 Å². The van der Waals surface area contributed by atoms with Gasteiger partial charge in [0.1, 0.15) is 0 Å². The van der Waals surface area contributed by atoms with E-state index in [-0.39, 0.29) is 0 Å². The van der Waals surface area contributed by atoms with Crippen LogP contribution in [0.5, 0.6) is 0 Å². The maximum absolute atomic E-state index is 6.63. The number of thiocarbonyl (C=S) groups is 1. The highest BCUT2D eigenvalue weighted by atomic mass is 35.5. The first-order chi connectivity index (χ1) is 9.75. The monoisotopic (exact) mass is 298 g/mol. The second-order valence-electron chi connectivity index (χ2n) is 4.86. The van der Waals surface area contributed by atoms with Crippen molar-refractivity contribution in [2.24, 2.45) is 0 Å². The summed E-state index contributed by atoms with van der Waals surface area (Å²) in [7, 11) is 0. The van der Waals surface area contributed by atoms with Crippen molar-refractivity contribution in [2.45, 2.75) is 6.54 Å². The molecule has 1 N–H and O–H groups in total. The third kappa shape index (κ3) is 1.60. The first-order valence-corrected chi connectivity index (χ1v) is 7.20. The van der Waals surface area contributed by atoms with Crippen LogP contribution < -0.4 is 5.32 Å². The van der Waals surface area contributed by atoms with Crippen molar-refractivity contribution in [1.29, 1.82) is 0 Å². The maximum atomic E-state index is 6.63. The van der Waals surface area contributed by atoms with Crippen LogP contribution >= 0.6 is 23.8 Å². The number of nitrogens with one attached hydrogen (secondary N) is 1. The normalized spacial score (nSPS) is 13.6. The molecule has 2 heterocycles. The minimum absolute atomic E-state index is 0.645. The molecule has 2 nitrogen and oxygen atoms in total. The molecule has 0 saturated carbocycles. The molecule has 1 aliphatic rings. The van der Waals surface area contributed by atoms with E-state index in [0.717, 1.165) is 37.9 Å². The van der Waals surface area contributed by atoms with Crippen molar-refractivity contribution in [1.82, 2.24) is 4.57 Å². The lowest BCUT2D eigenvalue weighted by molar-refractivity contribution is 0.920. The Morgan fingerprint density at radius 2 is 1.80 bits per heavy atom. The van der Waals surface area contributed by atoms with Gasteiger partial charge < -0.3 is 9.88 Å². The fourth-order valence-electron chi connectivity index (χ4n) is 2.82. The Morgan fingerprint density at radius 1 is 1.05 bits per heavy atom. The summed E-state index contributed by atoms with van der Waals surface area (Å²) in [5.74, 6) is 0. The Bertz CT molecular complexity index is 851. The molecule has 0 atom stereocenters. The molecular formula is C16H11ClN2S. The van der Waals surface area contributed by atoms with Gasteiger partial charge in [0.05, 0.1) is 27.8 Å². The largest absolute Gasteiger partial charge is 0.348 e. The summed E-state index contributed by atoms with van der Waals surface area (Å²) in [6.45, 7) is 0.645. The average Bonchev–Trinajstić information content (AvgIpc) is 2.64. The number of anilines is 1. The number of halogens is 1. The van der Waals surface area contributed by atoms with Gasteiger partial charge in [-0.15, -0.1) is 0 Å². The fraction of sp³-hybridized carbons (Fsp3) is 0.0625. The van der Waals surface area contributed by atoms with Crippen LogP contribution in [0, 0.1) is 0 Å². The second-order valence-corrected chi connectivity index (χ2v) is 5.73. The van der Waals surface area contributed by atoms with Crippen LogP contribution in [0.1, 0.15) is 0 Å². The van der Waals surface area contributed by atoms with Gasteiger partial charge in [-0.3, -0.25) is 0 Å². The molecule has 4 heteroatoms. The highest BCUT2D eigenvalue weighted by Gasteiger charge is 2.22. The van der Waals surface area contributed by atoms with E-state index in [1.54, 1.807) is 0 Å². The van der Waals surface area contributed by atoms with E-state index in [1.165, 1.54) is 0 Å². The van der Waals surface area contributed by atoms with E-state index in [4.69, 9.17) is 23.8 Å².